The van der Waals surface area contributed by atoms with E-state index in [1.165, 1.54) is 18.3 Å². The minimum Gasteiger partial charge on any atom is -0.390 e. The molecule has 5 nitrogen and oxygen atoms in total. The smallest absolute Gasteiger partial charge is 0.390 e. The zero-order valence-corrected chi connectivity index (χ0v) is 15.8. The van der Waals surface area contributed by atoms with Crippen LogP contribution in [0.1, 0.15) is 16.8 Å². The van der Waals surface area contributed by atoms with Crippen LogP contribution in [0, 0.1) is 6.92 Å². The van der Waals surface area contributed by atoms with Crippen molar-refractivity contribution >= 4 is 0 Å². The third-order valence-corrected chi connectivity index (χ3v) is 4.67. The summed E-state index contributed by atoms with van der Waals surface area (Å²) < 4.78 is 45.4. The molecule has 152 valence electrons. The Balaban J connectivity index is 1.67. The molecule has 8 heteroatoms. The highest BCUT2D eigenvalue weighted by Crippen LogP contribution is 2.38. The number of benzene rings is 2. The van der Waals surface area contributed by atoms with E-state index in [0.29, 0.717) is 33.8 Å². The fourth-order valence-electron chi connectivity index (χ4n) is 3.17. The maximum atomic E-state index is 13.4. The average Bonchev–Trinajstić information content (AvgIpc) is 3.23. The number of alkyl halides is 3. The Morgan fingerprint density at radius 2 is 1.73 bits per heavy atom. The quantitative estimate of drug-likeness (QED) is 0.494. The number of halogens is 3. The molecular weight excluding hydrogens is 395 g/mol. The van der Waals surface area contributed by atoms with Crippen LogP contribution in [0.3, 0.4) is 0 Å². The van der Waals surface area contributed by atoms with Gasteiger partial charge in [-0.15, -0.1) is 0 Å². The molecular formula is C22H16F3N3O2. The molecule has 0 fully saturated rings. The summed E-state index contributed by atoms with van der Waals surface area (Å²) in [6, 6.07) is 13.8. The second-order valence-corrected chi connectivity index (χ2v) is 6.69. The number of rotatable bonds is 4. The van der Waals surface area contributed by atoms with E-state index in [1.807, 2.05) is 0 Å². The molecule has 0 atom stereocenters. The number of hydrogen-bond acceptors (Lipinski definition) is 5. The summed E-state index contributed by atoms with van der Waals surface area (Å²) in [4.78, 5) is 8.43. The molecule has 0 bridgehead atoms. The Kier molecular flexibility index (Phi) is 5.09. The van der Waals surface area contributed by atoms with Crippen LogP contribution < -0.4 is 0 Å². The van der Waals surface area contributed by atoms with Crippen LogP contribution in [0.25, 0.3) is 34.0 Å². The van der Waals surface area contributed by atoms with Crippen molar-refractivity contribution in [1.29, 1.82) is 0 Å². The van der Waals surface area contributed by atoms with Crippen LogP contribution in [0.15, 0.2) is 65.3 Å². The van der Waals surface area contributed by atoms with Gasteiger partial charge in [-0.2, -0.15) is 18.2 Å². The molecule has 30 heavy (non-hydrogen) atoms. The van der Waals surface area contributed by atoms with E-state index in [4.69, 9.17) is 9.63 Å². The summed E-state index contributed by atoms with van der Waals surface area (Å²) in [5, 5.41) is 13.0. The molecule has 4 rings (SSSR count). The third-order valence-electron chi connectivity index (χ3n) is 4.67. The highest BCUT2D eigenvalue weighted by molar-refractivity contribution is 5.74. The highest BCUT2D eigenvalue weighted by Gasteiger charge is 2.33. The standard InChI is InChI=1S/C22H16F3N3O2/c1-13-10-14(7-9-17(13)18-4-2-3-5-19(18)22(23,24)25)21-27-20(28-30-21)15-6-8-16(12-29)26-11-15/h2-11,29H,12H2,1H3. The SMILES string of the molecule is Cc1cc(-c2nc(-c3ccc(CO)nc3)no2)ccc1-c1ccccc1C(F)(F)F. The van der Waals surface area contributed by atoms with Crippen LogP contribution >= 0.6 is 0 Å². The third kappa shape index (κ3) is 3.81. The monoisotopic (exact) mass is 411 g/mol. The van der Waals surface area contributed by atoms with Gasteiger partial charge in [0.1, 0.15) is 0 Å². The lowest BCUT2D eigenvalue weighted by atomic mass is 9.94. The first-order valence-electron chi connectivity index (χ1n) is 9.04. The Labute approximate surface area is 169 Å². The van der Waals surface area contributed by atoms with E-state index in [-0.39, 0.29) is 18.1 Å². The van der Waals surface area contributed by atoms with Gasteiger partial charge in [0.2, 0.25) is 5.82 Å². The molecule has 2 heterocycles. The molecule has 2 aromatic heterocycles. The van der Waals surface area contributed by atoms with Crippen LogP contribution in [-0.2, 0) is 12.8 Å². The summed E-state index contributed by atoms with van der Waals surface area (Å²) in [7, 11) is 0. The number of aliphatic hydroxyl groups is 1. The number of hydrogen-bond donors (Lipinski definition) is 1. The summed E-state index contributed by atoms with van der Waals surface area (Å²) in [5.74, 6) is 0.570. The molecule has 4 aromatic rings. The van der Waals surface area contributed by atoms with E-state index in [0.717, 1.165) is 6.07 Å². The van der Waals surface area contributed by atoms with Gasteiger partial charge in [0.05, 0.1) is 17.9 Å². The highest BCUT2D eigenvalue weighted by atomic mass is 19.4. The van der Waals surface area contributed by atoms with E-state index in [2.05, 4.69) is 15.1 Å². The molecule has 0 aliphatic carbocycles. The summed E-state index contributed by atoms with van der Waals surface area (Å²) in [6.45, 7) is 1.57. The maximum absolute atomic E-state index is 13.4. The van der Waals surface area contributed by atoms with Gasteiger partial charge < -0.3 is 9.63 Å². The molecule has 0 aliphatic heterocycles. The van der Waals surface area contributed by atoms with E-state index in [1.54, 1.807) is 43.3 Å². The first-order chi connectivity index (χ1) is 14.4. The van der Waals surface area contributed by atoms with Gasteiger partial charge in [0.15, 0.2) is 0 Å². The van der Waals surface area contributed by atoms with Crippen molar-refractivity contribution < 1.29 is 22.8 Å². The summed E-state index contributed by atoms with van der Waals surface area (Å²) in [5.41, 5.74) is 2.31. The molecule has 2 aromatic carbocycles. The first kappa shape index (κ1) is 19.8. The van der Waals surface area contributed by atoms with E-state index < -0.39 is 11.7 Å². The number of aliphatic hydroxyl groups excluding tert-OH is 1. The summed E-state index contributed by atoms with van der Waals surface area (Å²) in [6.07, 6.45) is -2.91. The van der Waals surface area contributed by atoms with E-state index in [9.17, 15) is 13.2 Å². The Hall–Kier alpha value is -3.52. The minimum absolute atomic E-state index is 0.121. The van der Waals surface area contributed by atoms with Gasteiger partial charge in [-0.25, -0.2) is 0 Å². The van der Waals surface area contributed by atoms with Crippen molar-refractivity contribution in [2.45, 2.75) is 19.7 Å². The Morgan fingerprint density at radius 3 is 2.40 bits per heavy atom. The van der Waals surface area contributed by atoms with Gasteiger partial charge in [-0.3, -0.25) is 4.98 Å². The van der Waals surface area contributed by atoms with Crippen LogP contribution in [0.4, 0.5) is 13.2 Å². The van der Waals surface area contributed by atoms with Crippen molar-refractivity contribution in [3.8, 4) is 34.0 Å². The lowest BCUT2D eigenvalue weighted by Crippen LogP contribution is -2.07. The molecule has 0 aliphatic rings. The molecule has 0 saturated carbocycles. The molecule has 0 unspecified atom stereocenters. The first-order valence-corrected chi connectivity index (χ1v) is 9.04. The predicted molar refractivity (Wildman–Crippen MR) is 104 cm³/mol. The van der Waals surface area contributed by atoms with Crippen molar-refractivity contribution in [2.24, 2.45) is 0 Å². The lowest BCUT2D eigenvalue weighted by molar-refractivity contribution is -0.137. The Bertz CT molecular complexity index is 1180. The average molecular weight is 411 g/mol. The van der Waals surface area contributed by atoms with Crippen molar-refractivity contribution in [1.82, 2.24) is 15.1 Å². The molecule has 0 spiro atoms. The van der Waals surface area contributed by atoms with Crippen molar-refractivity contribution in [3.05, 3.63) is 77.6 Å². The van der Waals surface area contributed by atoms with E-state index >= 15 is 0 Å². The number of pyridine rings is 1. The molecule has 1 N–H and O–H groups in total. The van der Waals surface area contributed by atoms with Gasteiger partial charge in [0.25, 0.3) is 5.89 Å². The van der Waals surface area contributed by atoms with Crippen LogP contribution in [0.5, 0.6) is 0 Å². The summed E-state index contributed by atoms with van der Waals surface area (Å²) >= 11 is 0. The molecule has 0 radical (unpaired) electrons. The topological polar surface area (TPSA) is 72.0 Å². The predicted octanol–water partition coefficient (Wildman–Crippen LogP) is 5.29. The van der Waals surface area contributed by atoms with Gasteiger partial charge in [-0.05, 0) is 53.9 Å². The number of nitrogens with zero attached hydrogens (tertiary/aromatic N) is 3. The van der Waals surface area contributed by atoms with Crippen LogP contribution in [0.2, 0.25) is 0 Å². The van der Waals surface area contributed by atoms with Gasteiger partial charge in [-0.1, -0.05) is 29.4 Å². The zero-order chi connectivity index (χ0) is 21.3. The minimum atomic E-state index is -4.44. The fourth-order valence-corrected chi connectivity index (χ4v) is 3.17. The number of aromatic nitrogens is 3. The second-order valence-electron chi connectivity index (χ2n) is 6.69. The van der Waals surface area contributed by atoms with Crippen molar-refractivity contribution in [2.75, 3.05) is 0 Å². The zero-order valence-electron chi connectivity index (χ0n) is 15.8. The second kappa shape index (κ2) is 7.72. The number of aryl methyl sites for hydroxylation is 1. The Morgan fingerprint density at radius 1 is 0.967 bits per heavy atom. The van der Waals surface area contributed by atoms with Crippen LogP contribution in [-0.4, -0.2) is 20.2 Å². The normalized spacial score (nSPS) is 11.6. The lowest BCUT2D eigenvalue weighted by Gasteiger charge is -2.14. The largest absolute Gasteiger partial charge is 0.417 e. The molecule has 0 saturated heterocycles. The van der Waals surface area contributed by atoms with Crippen molar-refractivity contribution in [3.63, 3.8) is 0 Å². The fraction of sp³-hybridized carbons (Fsp3) is 0.136. The van der Waals surface area contributed by atoms with Gasteiger partial charge in [0, 0.05) is 17.3 Å². The van der Waals surface area contributed by atoms with Gasteiger partial charge >= 0.3 is 6.18 Å². The maximum Gasteiger partial charge on any atom is 0.417 e. The molecule has 0 amide bonds.